The molecule has 0 aliphatic heterocycles. The molecular weight excluding hydrogens is 212 g/mol. The van der Waals surface area contributed by atoms with E-state index in [-0.39, 0.29) is 6.42 Å². The molecule has 0 saturated carbocycles. The molecule has 82 valence electrons. The van der Waals surface area contributed by atoms with Gasteiger partial charge in [-0.2, -0.15) is 0 Å². The number of carbonyl (C=O) groups excluding carboxylic acids is 1. The molecular formula is C11H14O3S. The van der Waals surface area contributed by atoms with Gasteiger partial charge in [-0.15, -0.1) is 0 Å². The minimum absolute atomic E-state index is 0.0519. The normalized spacial score (nSPS) is 12.1. The number of rotatable bonds is 5. The molecule has 4 heteroatoms. The monoisotopic (exact) mass is 226 g/mol. The summed E-state index contributed by atoms with van der Waals surface area (Å²) in [5, 5.41) is 9.22. The SMILES string of the molecule is CCC(O)CC(=O)OSc1ccccc1. The lowest BCUT2D eigenvalue weighted by molar-refractivity contribution is -0.135. The van der Waals surface area contributed by atoms with Crippen molar-refractivity contribution >= 4 is 18.0 Å². The lowest BCUT2D eigenvalue weighted by Crippen LogP contribution is -2.12. The van der Waals surface area contributed by atoms with E-state index in [1.807, 2.05) is 37.3 Å². The van der Waals surface area contributed by atoms with Gasteiger partial charge < -0.3 is 9.29 Å². The van der Waals surface area contributed by atoms with Gasteiger partial charge in [0.15, 0.2) is 0 Å². The second kappa shape index (κ2) is 6.48. The summed E-state index contributed by atoms with van der Waals surface area (Å²) in [6.45, 7) is 1.82. The largest absolute Gasteiger partial charge is 0.393 e. The number of benzene rings is 1. The fourth-order valence-corrected chi connectivity index (χ4v) is 1.47. The molecule has 0 aliphatic rings. The van der Waals surface area contributed by atoms with E-state index in [4.69, 9.17) is 4.18 Å². The Hall–Kier alpha value is -1.00. The molecule has 1 unspecified atom stereocenters. The van der Waals surface area contributed by atoms with E-state index in [0.717, 1.165) is 16.9 Å². The Labute approximate surface area is 93.7 Å². The first-order valence-electron chi connectivity index (χ1n) is 4.83. The van der Waals surface area contributed by atoms with Crippen molar-refractivity contribution in [2.24, 2.45) is 0 Å². The van der Waals surface area contributed by atoms with Crippen molar-refractivity contribution in [2.45, 2.75) is 30.8 Å². The van der Waals surface area contributed by atoms with Crippen molar-refractivity contribution in [1.29, 1.82) is 0 Å². The summed E-state index contributed by atoms with van der Waals surface area (Å²) in [7, 11) is 0. The number of hydrogen-bond acceptors (Lipinski definition) is 4. The van der Waals surface area contributed by atoms with Gasteiger partial charge in [-0.3, -0.25) is 4.79 Å². The first kappa shape index (κ1) is 12.1. The predicted octanol–water partition coefficient (Wildman–Crippen LogP) is 2.40. The zero-order valence-electron chi connectivity index (χ0n) is 8.55. The van der Waals surface area contributed by atoms with Gasteiger partial charge in [-0.25, -0.2) is 0 Å². The van der Waals surface area contributed by atoms with Crippen LogP contribution in [0.25, 0.3) is 0 Å². The topological polar surface area (TPSA) is 46.5 Å². The molecule has 1 N–H and O–H groups in total. The van der Waals surface area contributed by atoms with E-state index in [1.165, 1.54) is 0 Å². The summed E-state index contributed by atoms with van der Waals surface area (Å²) in [4.78, 5) is 12.1. The molecule has 0 aromatic heterocycles. The van der Waals surface area contributed by atoms with Crippen LogP contribution in [-0.4, -0.2) is 17.2 Å². The molecule has 0 spiro atoms. The Kier molecular flexibility index (Phi) is 5.21. The van der Waals surface area contributed by atoms with Gasteiger partial charge in [0, 0.05) is 4.90 Å². The maximum Gasteiger partial charge on any atom is 0.320 e. The molecule has 1 rings (SSSR count). The van der Waals surface area contributed by atoms with Gasteiger partial charge in [0.1, 0.15) is 0 Å². The number of aliphatic hydroxyl groups excluding tert-OH is 1. The van der Waals surface area contributed by atoms with Crippen LogP contribution in [0.3, 0.4) is 0 Å². The summed E-state index contributed by atoms with van der Waals surface area (Å²) in [6.07, 6.45) is 0.00964. The Bertz CT molecular complexity index is 300. The Morgan fingerprint density at radius 2 is 2.13 bits per heavy atom. The lowest BCUT2D eigenvalue weighted by atomic mass is 10.2. The van der Waals surface area contributed by atoms with Gasteiger partial charge in [-0.1, -0.05) is 25.1 Å². The standard InChI is InChI=1S/C11H14O3S/c1-2-9(12)8-11(13)14-15-10-6-4-3-5-7-10/h3-7,9,12H,2,8H2,1H3. The molecule has 1 atom stereocenters. The zero-order chi connectivity index (χ0) is 11.1. The van der Waals surface area contributed by atoms with E-state index in [0.29, 0.717) is 6.42 Å². The van der Waals surface area contributed by atoms with Crippen LogP contribution in [0.15, 0.2) is 35.2 Å². The maximum absolute atomic E-state index is 11.2. The third-order valence-corrected chi connectivity index (χ3v) is 2.58. The first-order valence-corrected chi connectivity index (χ1v) is 5.57. The van der Waals surface area contributed by atoms with Crippen LogP contribution in [-0.2, 0) is 8.98 Å². The average Bonchev–Trinajstić information content (AvgIpc) is 2.27. The van der Waals surface area contributed by atoms with Crippen molar-refractivity contribution < 1.29 is 14.1 Å². The highest BCUT2D eigenvalue weighted by Gasteiger charge is 2.10. The van der Waals surface area contributed by atoms with Gasteiger partial charge >= 0.3 is 5.97 Å². The molecule has 0 bridgehead atoms. The molecule has 0 heterocycles. The number of aliphatic hydroxyl groups is 1. The molecule has 0 aliphatic carbocycles. The van der Waals surface area contributed by atoms with Gasteiger partial charge in [0.25, 0.3) is 0 Å². The smallest absolute Gasteiger partial charge is 0.320 e. The lowest BCUT2D eigenvalue weighted by Gasteiger charge is -2.06. The van der Waals surface area contributed by atoms with E-state index < -0.39 is 12.1 Å². The molecule has 0 saturated heterocycles. The molecule has 0 amide bonds. The minimum atomic E-state index is -0.603. The van der Waals surface area contributed by atoms with Crippen molar-refractivity contribution in [3.05, 3.63) is 30.3 Å². The predicted molar refractivity (Wildman–Crippen MR) is 59.3 cm³/mol. The van der Waals surface area contributed by atoms with Crippen LogP contribution < -0.4 is 0 Å². The fraction of sp³-hybridized carbons (Fsp3) is 0.364. The minimum Gasteiger partial charge on any atom is -0.393 e. The van der Waals surface area contributed by atoms with Crippen LogP contribution in [0.4, 0.5) is 0 Å². The van der Waals surface area contributed by atoms with Gasteiger partial charge in [-0.05, 0) is 18.6 Å². The van der Waals surface area contributed by atoms with E-state index in [1.54, 1.807) is 0 Å². The van der Waals surface area contributed by atoms with Crippen LogP contribution >= 0.6 is 12.0 Å². The van der Waals surface area contributed by atoms with Crippen molar-refractivity contribution in [2.75, 3.05) is 0 Å². The highest BCUT2D eigenvalue weighted by atomic mass is 32.2. The molecule has 1 aromatic carbocycles. The quantitative estimate of drug-likeness (QED) is 0.783. The number of carbonyl (C=O) groups is 1. The third kappa shape index (κ3) is 4.85. The Balaban J connectivity index is 2.29. The first-order chi connectivity index (χ1) is 7.22. The van der Waals surface area contributed by atoms with Crippen LogP contribution in [0, 0.1) is 0 Å². The van der Waals surface area contributed by atoms with Crippen LogP contribution in [0.2, 0.25) is 0 Å². The summed E-state index contributed by atoms with van der Waals surface area (Å²) in [5.41, 5.74) is 0. The summed E-state index contributed by atoms with van der Waals surface area (Å²) >= 11 is 1.02. The Morgan fingerprint density at radius 3 is 2.73 bits per heavy atom. The van der Waals surface area contributed by atoms with Crippen molar-refractivity contribution in [3.8, 4) is 0 Å². The molecule has 0 fully saturated rings. The average molecular weight is 226 g/mol. The van der Waals surface area contributed by atoms with E-state index in [2.05, 4.69) is 0 Å². The highest BCUT2D eigenvalue weighted by Crippen LogP contribution is 2.19. The fourth-order valence-electron chi connectivity index (χ4n) is 0.941. The van der Waals surface area contributed by atoms with Crippen molar-refractivity contribution in [3.63, 3.8) is 0 Å². The van der Waals surface area contributed by atoms with E-state index in [9.17, 15) is 9.90 Å². The maximum atomic E-state index is 11.2. The van der Waals surface area contributed by atoms with Crippen LogP contribution in [0.1, 0.15) is 19.8 Å². The summed E-state index contributed by atoms with van der Waals surface area (Å²) in [6, 6.07) is 9.35. The summed E-state index contributed by atoms with van der Waals surface area (Å²) < 4.78 is 4.92. The van der Waals surface area contributed by atoms with Crippen molar-refractivity contribution in [1.82, 2.24) is 0 Å². The van der Waals surface area contributed by atoms with Gasteiger partial charge in [0.05, 0.1) is 24.6 Å². The number of hydrogen-bond donors (Lipinski definition) is 1. The molecule has 3 nitrogen and oxygen atoms in total. The summed E-state index contributed by atoms with van der Waals surface area (Å²) in [5.74, 6) is -0.391. The van der Waals surface area contributed by atoms with Gasteiger partial charge in [0.2, 0.25) is 0 Å². The third-order valence-electron chi connectivity index (χ3n) is 1.85. The van der Waals surface area contributed by atoms with E-state index >= 15 is 0 Å². The molecule has 0 radical (unpaired) electrons. The van der Waals surface area contributed by atoms with Crippen LogP contribution in [0.5, 0.6) is 0 Å². The second-order valence-electron chi connectivity index (χ2n) is 3.12. The second-order valence-corrected chi connectivity index (χ2v) is 3.92. The highest BCUT2D eigenvalue weighted by molar-refractivity contribution is 7.95. The Morgan fingerprint density at radius 1 is 1.47 bits per heavy atom. The zero-order valence-corrected chi connectivity index (χ0v) is 9.37. The molecule has 1 aromatic rings. The molecule has 15 heavy (non-hydrogen) atoms.